The van der Waals surface area contributed by atoms with Gasteiger partial charge in [-0.3, -0.25) is 0 Å². The lowest BCUT2D eigenvalue weighted by molar-refractivity contribution is -0.134. The van der Waals surface area contributed by atoms with Crippen LogP contribution in [0.3, 0.4) is 0 Å². The van der Waals surface area contributed by atoms with Crippen LogP contribution >= 0.6 is 0 Å². The molecule has 0 aromatic carbocycles. The van der Waals surface area contributed by atoms with Crippen LogP contribution in [0, 0.1) is 5.92 Å². The van der Waals surface area contributed by atoms with Gasteiger partial charge in [-0.05, 0) is 6.42 Å². The van der Waals surface area contributed by atoms with E-state index < -0.39 is 17.9 Å². The number of carbonyl (C=O) groups is 2. The molecule has 0 saturated heterocycles. The molecule has 0 radical (unpaired) electrons. The fraction of sp³-hybridized carbons (Fsp3) is 0.231. The third kappa shape index (κ3) is 4.97. The number of hydrogen-bond acceptors (Lipinski definition) is 2. The van der Waals surface area contributed by atoms with Gasteiger partial charge in [0.1, 0.15) is 0 Å². The predicted molar refractivity (Wildman–Crippen MR) is 65.6 cm³/mol. The Labute approximate surface area is 100 Å². The zero-order valence-electron chi connectivity index (χ0n) is 9.72. The minimum absolute atomic E-state index is 0.0738. The van der Waals surface area contributed by atoms with Crippen LogP contribution in [0.1, 0.15) is 13.3 Å². The van der Waals surface area contributed by atoms with E-state index in [9.17, 15) is 9.59 Å². The lowest BCUT2D eigenvalue weighted by Crippen LogP contribution is -2.10. The normalized spacial score (nSPS) is 13.4. The first kappa shape index (κ1) is 14.9. The van der Waals surface area contributed by atoms with Crippen molar-refractivity contribution < 1.29 is 19.8 Å². The molecular weight excluding hydrogens is 220 g/mol. The smallest absolute Gasteiger partial charge is 0.331 e. The minimum atomic E-state index is -1.15. The average molecular weight is 236 g/mol. The Morgan fingerprint density at radius 2 is 1.88 bits per heavy atom. The third-order valence-electron chi connectivity index (χ3n) is 2.17. The van der Waals surface area contributed by atoms with Gasteiger partial charge in [0.25, 0.3) is 0 Å². The zero-order chi connectivity index (χ0) is 13.4. The van der Waals surface area contributed by atoms with Crippen molar-refractivity contribution in [3.05, 3.63) is 48.6 Å². The first-order valence-corrected chi connectivity index (χ1v) is 5.09. The molecule has 0 aliphatic carbocycles. The van der Waals surface area contributed by atoms with Crippen molar-refractivity contribution >= 4 is 11.9 Å². The molecule has 2 N–H and O–H groups in total. The van der Waals surface area contributed by atoms with E-state index in [0.29, 0.717) is 6.42 Å². The van der Waals surface area contributed by atoms with Crippen LogP contribution in [0.4, 0.5) is 0 Å². The van der Waals surface area contributed by atoms with Crippen molar-refractivity contribution in [1.29, 1.82) is 0 Å². The Hall–Kier alpha value is -2.10. The maximum atomic E-state index is 10.8. The highest BCUT2D eigenvalue weighted by molar-refractivity contribution is 5.89. The molecular formula is C13H16O4. The van der Waals surface area contributed by atoms with Crippen LogP contribution in [0.15, 0.2) is 48.6 Å². The number of hydrogen-bond donors (Lipinski definition) is 2. The molecule has 0 fully saturated rings. The zero-order valence-corrected chi connectivity index (χ0v) is 9.72. The predicted octanol–water partition coefficient (Wildman–Crippen LogP) is 2.41. The van der Waals surface area contributed by atoms with Crippen LogP contribution in [-0.2, 0) is 9.59 Å². The Bertz CT molecular complexity index is 388. The van der Waals surface area contributed by atoms with E-state index in [1.165, 1.54) is 12.2 Å². The van der Waals surface area contributed by atoms with E-state index in [0.717, 1.165) is 0 Å². The molecule has 4 nitrogen and oxygen atoms in total. The second-order valence-electron chi connectivity index (χ2n) is 3.33. The molecule has 1 unspecified atom stereocenters. The van der Waals surface area contributed by atoms with Crippen LogP contribution in [0.2, 0.25) is 0 Å². The fourth-order valence-corrected chi connectivity index (χ4v) is 1.17. The Morgan fingerprint density at radius 1 is 1.29 bits per heavy atom. The summed E-state index contributed by atoms with van der Waals surface area (Å²) in [5, 5.41) is 17.7. The highest BCUT2D eigenvalue weighted by Gasteiger charge is 2.16. The van der Waals surface area contributed by atoms with Crippen molar-refractivity contribution in [3.63, 3.8) is 0 Å². The molecule has 1 atom stereocenters. The highest BCUT2D eigenvalue weighted by atomic mass is 16.4. The van der Waals surface area contributed by atoms with Gasteiger partial charge in [0.15, 0.2) is 0 Å². The van der Waals surface area contributed by atoms with Gasteiger partial charge in [0, 0.05) is 17.1 Å². The first-order chi connectivity index (χ1) is 7.93. The number of carboxylic acids is 2. The van der Waals surface area contributed by atoms with Crippen LogP contribution in [0.25, 0.3) is 0 Å². The van der Waals surface area contributed by atoms with Crippen molar-refractivity contribution in [2.75, 3.05) is 0 Å². The molecule has 0 bridgehead atoms. The fourth-order valence-electron chi connectivity index (χ4n) is 1.17. The Balaban J connectivity index is 5.25. The molecule has 0 rings (SSSR count). The van der Waals surface area contributed by atoms with E-state index >= 15 is 0 Å². The van der Waals surface area contributed by atoms with Gasteiger partial charge in [0.05, 0.1) is 0 Å². The summed E-state index contributed by atoms with van der Waals surface area (Å²) >= 11 is 0. The standard InChI is InChI=1S/C13H16O4/c1-4-6-7-11(9(3)12(14)15)8-10(5-2)13(16)17/h4,6-8,11H,1,3,5H2,2H3,(H,14,15)(H,16,17). The Kier molecular flexibility index (Phi) is 6.33. The molecule has 0 aliphatic rings. The van der Waals surface area contributed by atoms with Crippen molar-refractivity contribution in [1.82, 2.24) is 0 Å². The molecule has 0 spiro atoms. The highest BCUT2D eigenvalue weighted by Crippen LogP contribution is 2.17. The number of rotatable bonds is 7. The summed E-state index contributed by atoms with van der Waals surface area (Å²) in [6.45, 7) is 8.59. The summed E-state index contributed by atoms with van der Waals surface area (Å²) in [5.41, 5.74) is 0.0846. The second kappa shape index (κ2) is 7.22. The summed E-state index contributed by atoms with van der Waals surface area (Å²) in [6, 6.07) is 0. The number of aliphatic carboxylic acids is 2. The topological polar surface area (TPSA) is 74.6 Å². The molecule has 4 heteroatoms. The van der Waals surface area contributed by atoms with Crippen LogP contribution in [0.5, 0.6) is 0 Å². The first-order valence-electron chi connectivity index (χ1n) is 5.09. The summed E-state index contributed by atoms with van der Waals surface area (Å²) in [4.78, 5) is 21.7. The van der Waals surface area contributed by atoms with Crippen molar-refractivity contribution in [3.8, 4) is 0 Å². The van der Waals surface area contributed by atoms with Gasteiger partial charge in [0.2, 0.25) is 0 Å². The van der Waals surface area contributed by atoms with Gasteiger partial charge in [-0.1, -0.05) is 44.4 Å². The van der Waals surface area contributed by atoms with Gasteiger partial charge in [-0.25, -0.2) is 9.59 Å². The summed E-state index contributed by atoms with van der Waals surface area (Å²) in [5.74, 6) is -2.85. The molecule has 17 heavy (non-hydrogen) atoms. The molecule has 0 aliphatic heterocycles. The number of allylic oxidation sites excluding steroid dienone is 4. The minimum Gasteiger partial charge on any atom is -0.478 e. The molecule has 0 aromatic rings. The number of carboxylic acid groups (broad SMARTS) is 2. The van der Waals surface area contributed by atoms with Crippen LogP contribution in [-0.4, -0.2) is 22.2 Å². The van der Waals surface area contributed by atoms with Crippen molar-refractivity contribution in [2.45, 2.75) is 13.3 Å². The van der Waals surface area contributed by atoms with Gasteiger partial charge >= 0.3 is 11.9 Å². The van der Waals surface area contributed by atoms with Crippen molar-refractivity contribution in [2.24, 2.45) is 5.92 Å². The van der Waals surface area contributed by atoms with Gasteiger partial charge in [-0.2, -0.15) is 0 Å². The molecule has 0 saturated carbocycles. The van der Waals surface area contributed by atoms with E-state index in [4.69, 9.17) is 10.2 Å². The summed E-state index contributed by atoms with van der Waals surface area (Å²) in [6.07, 6.45) is 6.30. The Morgan fingerprint density at radius 3 is 2.24 bits per heavy atom. The second-order valence-corrected chi connectivity index (χ2v) is 3.33. The molecule has 92 valence electrons. The maximum absolute atomic E-state index is 10.8. The lowest BCUT2D eigenvalue weighted by atomic mass is 9.96. The summed E-state index contributed by atoms with van der Waals surface area (Å²) in [7, 11) is 0. The SMILES string of the molecule is C=CC=CC(C=C(CC)C(=O)O)C(=C)C(=O)O. The molecule has 0 amide bonds. The third-order valence-corrected chi connectivity index (χ3v) is 2.17. The quantitative estimate of drug-likeness (QED) is 0.525. The molecule has 0 aromatic heterocycles. The molecule has 0 heterocycles. The summed E-state index contributed by atoms with van der Waals surface area (Å²) < 4.78 is 0. The van der Waals surface area contributed by atoms with Gasteiger partial charge < -0.3 is 10.2 Å². The average Bonchev–Trinajstić information content (AvgIpc) is 2.28. The van der Waals surface area contributed by atoms with E-state index in [1.807, 2.05) is 0 Å². The lowest BCUT2D eigenvalue weighted by Gasteiger charge is -2.09. The van der Waals surface area contributed by atoms with E-state index in [-0.39, 0.29) is 11.1 Å². The van der Waals surface area contributed by atoms with E-state index in [1.54, 1.807) is 19.1 Å². The largest absolute Gasteiger partial charge is 0.478 e. The van der Waals surface area contributed by atoms with Crippen LogP contribution < -0.4 is 0 Å². The van der Waals surface area contributed by atoms with Gasteiger partial charge in [-0.15, -0.1) is 0 Å². The maximum Gasteiger partial charge on any atom is 0.331 e. The monoisotopic (exact) mass is 236 g/mol. The van der Waals surface area contributed by atoms with E-state index in [2.05, 4.69) is 13.2 Å².